The van der Waals surface area contributed by atoms with Crippen LogP contribution in [-0.4, -0.2) is 24.6 Å². The number of sulfone groups is 1. The second kappa shape index (κ2) is 7.36. The van der Waals surface area contributed by atoms with Crippen LogP contribution >= 0.6 is 0 Å². The van der Waals surface area contributed by atoms with Gasteiger partial charge in [-0.05, 0) is 43.7 Å². The van der Waals surface area contributed by atoms with Crippen molar-refractivity contribution in [2.45, 2.75) is 25.3 Å². The number of hydrogen-bond acceptors (Lipinski definition) is 6. The highest BCUT2D eigenvalue weighted by atomic mass is 32.2. The minimum Gasteiger partial charge on any atom is -0.368 e. The first kappa shape index (κ1) is 18.8. The van der Waals surface area contributed by atoms with Crippen molar-refractivity contribution >= 4 is 21.6 Å². The fourth-order valence-corrected chi connectivity index (χ4v) is 3.50. The average Bonchev–Trinajstić information content (AvgIpc) is 2.58. The molecule has 140 valence electrons. The molecule has 0 atom stereocenters. The summed E-state index contributed by atoms with van der Waals surface area (Å²) in [4.78, 5) is 8.88. The van der Waals surface area contributed by atoms with Gasteiger partial charge >= 0.3 is 0 Å². The number of benzene rings is 2. The van der Waals surface area contributed by atoms with Crippen molar-refractivity contribution in [2.24, 2.45) is 0 Å². The summed E-state index contributed by atoms with van der Waals surface area (Å²) in [5.74, 6) is 0.811. The van der Waals surface area contributed by atoms with E-state index in [1.54, 1.807) is 24.3 Å². The molecule has 2 aromatic carbocycles. The average molecular weight is 382 g/mol. The van der Waals surface area contributed by atoms with Crippen molar-refractivity contribution < 1.29 is 8.42 Å². The molecule has 0 saturated heterocycles. The van der Waals surface area contributed by atoms with E-state index in [1.165, 1.54) is 6.26 Å². The highest BCUT2D eigenvalue weighted by molar-refractivity contribution is 7.90. The second-order valence-corrected chi connectivity index (χ2v) is 8.66. The van der Waals surface area contributed by atoms with E-state index in [4.69, 9.17) is 5.73 Å². The molecule has 7 heteroatoms. The first-order chi connectivity index (χ1) is 12.7. The minimum atomic E-state index is -3.19. The van der Waals surface area contributed by atoms with E-state index in [2.05, 4.69) is 33.5 Å². The van der Waals surface area contributed by atoms with Gasteiger partial charge in [0, 0.05) is 24.4 Å². The van der Waals surface area contributed by atoms with Crippen molar-refractivity contribution in [2.75, 3.05) is 17.3 Å². The van der Waals surface area contributed by atoms with Crippen LogP contribution in [0.3, 0.4) is 0 Å². The molecule has 6 nitrogen and oxygen atoms in total. The summed E-state index contributed by atoms with van der Waals surface area (Å²) in [7, 11) is -3.19. The van der Waals surface area contributed by atoms with Gasteiger partial charge in [0.15, 0.2) is 9.84 Å². The fraction of sp³-hybridized carbons (Fsp3) is 0.200. The smallest absolute Gasteiger partial charge is 0.222 e. The second-order valence-electron chi connectivity index (χ2n) is 6.64. The highest BCUT2D eigenvalue weighted by Gasteiger charge is 2.08. The Bertz CT molecular complexity index is 1060. The van der Waals surface area contributed by atoms with E-state index in [-0.39, 0.29) is 5.95 Å². The Labute approximate surface area is 159 Å². The third-order valence-electron chi connectivity index (χ3n) is 4.09. The third kappa shape index (κ3) is 4.83. The lowest BCUT2D eigenvalue weighted by molar-refractivity contribution is 0.602. The molecule has 0 saturated carbocycles. The maximum absolute atomic E-state index is 11.5. The van der Waals surface area contributed by atoms with E-state index in [1.807, 2.05) is 19.9 Å². The van der Waals surface area contributed by atoms with Gasteiger partial charge in [-0.3, -0.25) is 0 Å². The summed E-state index contributed by atoms with van der Waals surface area (Å²) in [5.41, 5.74) is 10.9. The molecule has 3 aromatic rings. The SMILES string of the molecule is Cc1cc(C)cc(-c2cc(NCc3ccc(S(C)(=O)=O)cc3)nc(N)n2)c1. The molecule has 0 fully saturated rings. The zero-order chi connectivity index (χ0) is 19.6. The number of aromatic nitrogens is 2. The summed E-state index contributed by atoms with van der Waals surface area (Å²) in [6.07, 6.45) is 1.19. The zero-order valence-electron chi connectivity index (χ0n) is 15.5. The predicted octanol–water partition coefficient (Wildman–Crippen LogP) is 3.36. The number of nitrogens with zero attached hydrogens (tertiary/aromatic N) is 2. The molecule has 0 spiro atoms. The van der Waals surface area contributed by atoms with Crippen molar-refractivity contribution in [3.63, 3.8) is 0 Å². The first-order valence-electron chi connectivity index (χ1n) is 8.47. The number of rotatable bonds is 5. The summed E-state index contributed by atoms with van der Waals surface area (Å²) in [6.45, 7) is 4.58. The molecular formula is C20H22N4O2S. The molecule has 0 bridgehead atoms. The Balaban J connectivity index is 1.80. The Morgan fingerprint density at radius 2 is 1.59 bits per heavy atom. The van der Waals surface area contributed by atoms with E-state index in [0.717, 1.165) is 27.9 Å². The number of aryl methyl sites for hydroxylation is 2. The lowest BCUT2D eigenvalue weighted by atomic mass is 10.0. The van der Waals surface area contributed by atoms with Gasteiger partial charge in [0.25, 0.3) is 0 Å². The monoisotopic (exact) mass is 382 g/mol. The van der Waals surface area contributed by atoms with Gasteiger partial charge in [-0.1, -0.05) is 29.3 Å². The van der Waals surface area contributed by atoms with E-state index in [9.17, 15) is 8.42 Å². The normalized spacial score (nSPS) is 11.4. The molecule has 0 aliphatic rings. The van der Waals surface area contributed by atoms with Crippen LogP contribution in [0.5, 0.6) is 0 Å². The summed E-state index contributed by atoms with van der Waals surface area (Å²) < 4.78 is 23.1. The van der Waals surface area contributed by atoms with Gasteiger partial charge in [0.05, 0.1) is 10.6 Å². The quantitative estimate of drug-likeness (QED) is 0.702. The molecule has 0 aliphatic carbocycles. The van der Waals surface area contributed by atoms with Crippen LogP contribution < -0.4 is 11.1 Å². The molecule has 0 unspecified atom stereocenters. The lowest BCUT2D eigenvalue weighted by Crippen LogP contribution is -2.06. The maximum Gasteiger partial charge on any atom is 0.222 e. The van der Waals surface area contributed by atoms with Gasteiger partial charge in [0.1, 0.15) is 5.82 Å². The van der Waals surface area contributed by atoms with Crippen molar-refractivity contribution in [1.82, 2.24) is 9.97 Å². The Morgan fingerprint density at radius 3 is 2.19 bits per heavy atom. The predicted molar refractivity (Wildman–Crippen MR) is 108 cm³/mol. The third-order valence-corrected chi connectivity index (χ3v) is 5.21. The van der Waals surface area contributed by atoms with Gasteiger partial charge in [-0.15, -0.1) is 0 Å². The van der Waals surface area contributed by atoms with E-state index < -0.39 is 9.84 Å². The summed E-state index contributed by atoms with van der Waals surface area (Å²) in [6, 6.07) is 14.8. The Morgan fingerprint density at radius 1 is 0.963 bits per heavy atom. The molecule has 3 N–H and O–H groups in total. The van der Waals surface area contributed by atoms with Crippen LogP contribution in [0.2, 0.25) is 0 Å². The number of nitrogens with one attached hydrogen (secondary N) is 1. The fourth-order valence-electron chi connectivity index (χ4n) is 2.87. The van der Waals surface area contributed by atoms with Crippen LogP contribution in [0.15, 0.2) is 53.4 Å². The largest absolute Gasteiger partial charge is 0.368 e. The van der Waals surface area contributed by atoms with Gasteiger partial charge < -0.3 is 11.1 Å². The number of hydrogen-bond donors (Lipinski definition) is 2. The lowest BCUT2D eigenvalue weighted by Gasteiger charge is -2.10. The molecule has 0 amide bonds. The number of nitrogens with two attached hydrogens (primary N) is 1. The molecular weight excluding hydrogens is 360 g/mol. The highest BCUT2D eigenvalue weighted by Crippen LogP contribution is 2.23. The molecule has 1 aromatic heterocycles. The Hall–Kier alpha value is -2.93. The number of nitrogen functional groups attached to an aromatic ring is 1. The van der Waals surface area contributed by atoms with E-state index in [0.29, 0.717) is 17.3 Å². The maximum atomic E-state index is 11.5. The Kier molecular flexibility index (Phi) is 5.14. The standard InChI is InChI=1S/C20H22N4O2S/c1-13-8-14(2)10-16(9-13)18-11-19(24-20(21)23-18)22-12-15-4-6-17(7-5-15)27(3,25)26/h4-11H,12H2,1-3H3,(H3,21,22,23,24). The molecule has 0 radical (unpaired) electrons. The van der Waals surface area contributed by atoms with Crippen molar-refractivity contribution in [1.29, 1.82) is 0 Å². The van der Waals surface area contributed by atoms with Crippen LogP contribution in [0.1, 0.15) is 16.7 Å². The van der Waals surface area contributed by atoms with Gasteiger partial charge in [-0.25, -0.2) is 13.4 Å². The van der Waals surface area contributed by atoms with Crippen molar-refractivity contribution in [3.8, 4) is 11.3 Å². The van der Waals surface area contributed by atoms with Crippen LogP contribution in [0, 0.1) is 13.8 Å². The number of anilines is 2. The molecule has 0 aliphatic heterocycles. The zero-order valence-corrected chi connectivity index (χ0v) is 16.3. The summed E-state index contributed by atoms with van der Waals surface area (Å²) in [5, 5.41) is 3.22. The van der Waals surface area contributed by atoms with Crippen LogP contribution in [0.25, 0.3) is 11.3 Å². The van der Waals surface area contributed by atoms with E-state index >= 15 is 0 Å². The van der Waals surface area contributed by atoms with Crippen LogP contribution in [-0.2, 0) is 16.4 Å². The molecule has 1 heterocycles. The molecule has 27 heavy (non-hydrogen) atoms. The van der Waals surface area contributed by atoms with Gasteiger partial charge in [0.2, 0.25) is 5.95 Å². The first-order valence-corrected chi connectivity index (χ1v) is 10.4. The summed E-state index contributed by atoms with van der Waals surface area (Å²) >= 11 is 0. The minimum absolute atomic E-state index is 0.196. The van der Waals surface area contributed by atoms with Gasteiger partial charge in [-0.2, -0.15) is 4.98 Å². The molecule has 3 rings (SSSR count). The topological polar surface area (TPSA) is 98.0 Å². The van der Waals surface area contributed by atoms with Crippen LogP contribution in [0.4, 0.5) is 11.8 Å². The van der Waals surface area contributed by atoms with Crippen molar-refractivity contribution in [3.05, 3.63) is 65.2 Å².